The molecule has 1 aliphatic rings. The number of carbonyl (C=O) groups excluding carboxylic acids is 2. The number of methoxy groups -OCH3 is 1. The summed E-state index contributed by atoms with van der Waals surface area (Å²) in [4.78, 5) is 25.0. The number of aromatic hydroxyl groups is 1. The highest BCUT2D eigenvalue weighted by molar-refractivity contribution is 5.97. The highest BCUT2D eigenvalue weighted by Gasteiger charge is 2.26. The molecule has 3 N–H and O–H groups in total. The molecule has 0 saturated carbocycles. The van der Waals surface area contributed by atoms with Crippen LogP contribution in [0.3, 0.4) is 0 Å². The van der Waals surface area contributed by atoms with E-state index in [-0.39, 0.29) is 34.8 Å². The number of hydrogen-bond donors (Lipinski definition) is 2. The molecule has 114 valence electrons. The predicted molar refractivity (Wildman–Crippen MR) is 77.1 cm³/mol. The zero-order chi connectivity index (χ0) is 15.4. The summed E-state index contributed by atoms with van der Waals surface area (Å²) in [5, 5.41) is 10.0. The van der Waals surface area contributed by atoms with E-state index >= 15 is 0 Å². The zero-order valence-electron chi connectivity index (χ0n) is 12.0. The first kappa shape index (κ1) is 15.2. The van der Waals surface area contributed by atoms with Gasteiger partial charge in [0.25, 0.3) is 5.91 Å². The molecule has 0 unspecified atom stereocenters. The van der Waals surface area contributed by atoms with E-state index in [2.05, 4.69) is 0 Å². The number of benzene rings is 1. The van der Waals surface area contributed by atoms with Gasteiger partial charge in [-0.2, -0.15) is 0 Å². The Hall–Kier alpha value is -2.24. The monoisotopic (exact) mass is 292 g/mol. The van der Waals surface area contributed by atoms with E-state index in [0.29, 0.717) is 19.5 Å². The van der Waals surface area contributed by atoms with E-state index in [4.69, 9.17) is 10.5 Å². The summed E-state index contributed by atoms with van der Waals surface area (Å²) in [6.45, 7) is 1.13. The quantitative estimate of drug-likeness (QED) is 0.870. The van der Waals surface area contributed by atoms with Gasteiger partial charge in [0, 0.05) is 19.5 Å². The molecule has 21 heavy (non-hydrogen) atoms. The van der Waals surface area contributed by atoms with E-state index in [1.54, 1.807) is 23.1 Å². The van der Waals surface area contributed by atoms with E-state index < -0.39 is 0 Å². The first-order valence-corrected chi connectivity index (χ1v) is 6.96. The highest BCUT2D eigenvalue weighted by atomic mass is 16.5. The molecule has 0 radical (unpaired) electrons. The lowest BCUT2D eigenvalue weighted by Gasteiger charge is -2.31. The summed E-state index contributed by atoms with van der Waals surface area (Å²) < 4.78 is 5.01. The lowest BCUT2D eigenvalue weighted by molar-refractivity contribution is -0.119. The van der Waals surface area contributed by atoms with Gasteiger partial charge in [-0.25, -0.2) is 0 Å². The molecule has 6 nitrogen and oxygen atoms in total. The Balaban J connectivity index is 2.04. The molecule has 2 amide bonds. The molecule has 0 spiro atoms. The second-order valence-electron chi connectivity index (χ2n) is 5.26. The number of para-hydroxylation sites is 1. The summed E-state index contributed by atoms with van der Waals surface area (Å²) in [6, 6.07) is 4.85. The number of ether oxygens (including phenoxy) is 1. The first-order chi connectivity index (χ1) is 10.0. The van der Waals surface area contributed by atoms with Crippen LogP contribution in [0.15, 0.2) is 18.2 Å². The number of piperidine rings is 1. The topological polar surface area (TPSA) is 92.9 Å². The van der Waals surface area contributed by atoms with Gasteiger partial charge in [0.05, 0.1) is 12.7 Å². The van der Waals surface area contributed by atoms with Gasteiger partial charge >= 0.3 is 0 Å². The second kappa shape index (κ2) is 6.47. The minimum atomic E-state index is -0.301. The number of nitrogens with two attached hydrogens (primary N) is 1. The number of primary amides is 1. The molecule has 1 aromatic rings. The Morgan fingerprint density at radius 3 is 2.62 bits per heavy atom. The number of nitrogens with zero attached hydrogens (tertiary/aromatic N) is 1. The maximum absolute atomic E-state index is 12.4. The number of hydrogen-bond acceptors (Lipinski definition) is 4. The van der Waals surface area contributed by atoms with Crippen molar-refractivity contribution in [3.63, 3.8) is 0 Å². The Morgan fingerprint density at radius 2 is 2.05 bits per heavy atom. The standard InChI is InChI=1S/C15H20N2O4/c1-21-12-4-2-3-11(14(12)19)15(20)17-7-5-10(6-8-17)9-13(16)18/h2-4,10,19H,5-9H2,1H3,(H2,16,18). The lowest BCUT2D eigenvalue weighted by atomic mass is 9.93. The molecule has 0 aliphatic carbocycles. The fourth-order valence-electron chi connectivity index (χ4n) is 2.65. The van der Waals surface area contributed by atoms with Crippen LogP contribution in [0.4, 0.5) is 0 Å². The Morgan fingerprint density at radius 1 is 1.38 bits per heavy atom. The van der Waals surface area contributed by atoms with Crippen molar-refractivity contribution in [2.24, 2.45) is 11.7 Å². The van der Waals surface area contributed by atoms with Gasteiger partial charge in [0.1, 0.15) is 0 Å². The molecule has 1 aromatic carbocycles. The molecule has 1 fully saturated rings. The van der Waals surface area contributed by atoms with E-state index in [1.807, 2.05) is 0 Å². The van der Waals surface area contributed by atoms with Crippen LogP contribution in [0, 0.1) is 5.92 Å². The maximum atomic E-state index is 12.4. The van der Waals surface area contributed by atoms with Crippen LogP contribution in [0.2, 0.25) is 0 Å². The molecule has 6 heteroatoms. The highest BCUT2D eigenvalue weighted by Crippen LogP contribution is 2.31. The van der Waals surface area contributed by atoms with Crippen LogP contribution < -0.4 is 10.5 Å². The Kier molecular flexibility index (Phi) is 4.67. The van der Waals surface area contributed by atoms with Crippen LogP contribution in [-0.2, 0) is 4.79 Å². The van der Waals surface area contributed by atoms with Crippen molar-refractivity contribution in [2.45, 2.75) is 19.3 Å². The summed E-state index contributed by atoms with van der Waals surface area (Å²) in [5.41, 5.74) is 5.43. The van der Waals surface area contributed by atoms with Gasteiger partial charge in [0.15, 0.2) is 11.5 Å². The SMILES string of the molecule is COc1cccc(C(=O)N2CCC(CC(N)=O)CC2)c1O. The fraction of sp³-hybridized carbons (Fsp3) is 0.467. The average Bonchev–Trinajstić information content (AvgIpc) is 2.47. The maximum Gasteiger partial charge on any atom is 0.257 e. The van der Waals surface area contributed by atoms with Crippen molar-refractivity contribution in [1.82, 2.24) is 4.90 Å². The first-order valence-electron chi connectivity index (χ1n) is 6.96. The minimum absolute atomic E-state index is 0.135. The Bertz CT molecular complexity index is 536. The Labute approximate surface area is 123 Å². The smallest absolute Gasteiger partial charge is 0.257 e. The number of carbonyl (C=O) groups is 2. The van der Waals surface area contributed by atoms with Crippen molar-refractivity contribution in [3.05, 3.63) is 23.8 Å². The summed E-state index contributed by atoms with van der Waals surface area (Å²) in [7, 11) is 1.44. The number of phenolic OH excluding ortho intramolecular Hbond substituents is 1. The van der Waals surface area contributed by atoms with Gasteiger partial charge in [-0.3, -0.25) is 9.59 Å². The molecular formula is C15H20N2O4. The molecule has 1 heterocycles. The van der Waals surface area contributed by atoms with E-state index in [9.17, 15) is 14.7 Å². The third-order valence-corrected chi connectivity index (χ3v) is 3.84. The van der Waals surface area contributed by atoms with Crippen LogP contribution in [0.5, 0.6) is 11.5 Å². The van der Waals surface area contributed by atoms with Crippen molar-refractivity contribution < 1.29 is 19.4 Å². The van der Waals surface area contributed by atoms with Gasteiger partial charge in [-0.15, -0.1) is 0 Å². The molecular weight excluding hydrogens is 272 g/mol. The number of likely N-dealkylation sites (tertiary alicyclic amines) is 1. The number of amides is 2. The second-order valence-corrected chi connectivity index (χ2v) is 5.26. The molecule has 0 bridgehead atoms. The van der Waals surface area contributed by atoms with Crippen molar-refractivity contribution in [2.75, 3.05) is 20.2 Å². The van der Waals surface area contributed by atoms with Crippen molar-refractivity contribution in [1.29, 1.82) is 0 Å². The van der Waals surface area contributed by atoms with Crippen LogP contribution >= 0.6 is 0 Å². The van der Waals surface area contributed by atoms with Crippen molar-refractivity contribution >= 4 is 11.8 Å². The van der Waals surface area contributed by atoms with E-state index in [0.717, 1.165) is 12.8 Å². The molecule has 0 aromatic heterocycles. The molecule has 1 aliphatic heterocycles. The number of rotatable bonds is 4. The van der Waals surface area contributed by atoms with Crippen molar-refractivity contribution in [3.8, 4) is 11.5 Å². The minimum Gasteiger partial charge on any atom is -0.504 e. The fourth-order valence-corrected chi connectivity index (χ4v) is 2.65. The predicted octanol–water partition coefficient (Wildman–Crippen LogP) is 1.13. The molecule has 1 saturated heterocycles. The lowest BCUT2D eigenvalue weighted by Crippen LogP contribution is -2.39. The summed E-state index contributed by atoms with van der Waals surface area (Å²) >= 11 is 0. The van der Waals surface area contributed by atoms with Crippen LogP contribution in [0.1, 0.15) is 29.6 Å². The van der Waals surface area contributed by atoms with Crippen LogP contribution in [-0.4, -0.2) is 42.0 Å². The molecule has 2 rings (SSSR count). The summed E-state index contributed by atoms with van der Waals surface area (Å²) in [5.74, 6) is -0.131. The summed E-state index contributed by atoms with van der Waals surface area (Å²) in [6.07, 6.45) is 1.87. The van der Waals surface area contributed by atoms with Gasteiger partial charge in [0.2, 0.25) is 5.91 Å². The van der Waals surface area contributed by atoms with Gasteiger partial charge < -0.3 is 20.5 Å². The van der Waals surface area contributed by atoms with Gasteiger partial charge in [-0.1, -0.05) is 6.07 Å². The molecule has 0 atom stereocenters. The van der Waals surface area contributed by atoms with E-state index in [1.165, 1.54) is 7.11 Å². The number of phenols is 1. The third-order valence-electron chi connectivity index (χ3n) is 3.84. The largest absolute Gasteiger partial charge is 0.504 e. The van der Waals surface area contributed by atoms with Gasteiger partial charge in [-0.05, 0) is 30.9 Å². The average molecular weight is 292 g/mol. The normalized spacial score (nSPS) is 15.8. The third kappa shape index (κ3) is 3.45. The zero-order valence-corrected chi connectivity index (χ0v) is 12.0. The van der Waals surface area contributed by atoms with Crippen LogP contribution in [0.25, 0.3) is 0 Å².